The maximum Gasteiger partial charge on any atom is 0.0962 e. The predicted octanol–water partition coefficient (Wildman–Crippen LogP) is 4.79. The van der Waals surface area contributed by atoms with Crippen LogP contribution in [-0.2, 0) is 0 Å². The summed E-state index contributed by atoms with van der Waals surface area (Å²) in [6.45, 7) is 0.335. The van der Waals surface area contributed by atoms with E-state index in [0.29, 0.717) is 27.3 Å². The van der Waals surface area contributed by atoms with E-state index in [2.05, 4.69) is 5.32 Å². The van der Waals surface area contributed by atoms with E-state index in [4.69, 9.17) is 34.8 Å². The minimum Gasteiger partial charge on any atom is -0.387 e. The van der Waals surface area contributed by atoms with Gasteiger partial charge in [-0.15, -0.1) is 0 Å². The normalized spacial score (nSPS) is 12.2. The first-order valence-corrected chi connectivity index (χ1v) is 6.82. The molecule has 0 saturated carbocycles. The smallest absolute Gasteiger partial charge is 0.0962 e. The Morgan fingerprint density at radius 3 is 2.26 bits per heavy atom. The van der Waals surface area contributed by atoms with Crippen LogP contribution in [0.15, 0.2) is 42.5 Å². The molecule has 0 aliphatic heterocycles. The Balaban J connectivity index is 2.02. The summed E-state index contributed by atoms with van der Waals surface area (Å²) < 4.78 is 0. The summed E-state index contributed by atoms with van der Waals surface area (Å²) in [4.78, 5) is 0. The summed E-state index contributed by atoms with van der Waals surface area (Å²) in [6.07, 6.45) is -0.646. The second kappa shape index (κ2) is 6.49. The Bertz CT molecular complexity index is 557. The molecular formula is C14H12Cl3NO. The molecule has 1 atom stereocenters. The fraction of sp³-hybridized carbons (Fsp3) is 0.143. The first kappa shape index (κ1) is 14.5. The van der Waals surface area contributed by atoms with Gasteiger partial charge in [-0.25, -0.2) is 0 Å². The third-order valence-electron chi connectivity index (χ3n) is 2.67. The van der Waals surface area contributed by atoms with Crippen molar-refractivity contribution >= 4 is 40.5 Å². The third kappa shape index (κ3) is 4.02. The van der Waals surface area contributed by atoms with Crippen molar-refractivity contribution in [1.29, 1.82) is 0 Å². The molecular weight excluding hydrogens is 305 g/mol. The third-order valence-corrected chi connectivity index (χ3v) is 3.49. The maximum atomic E-state index is 10.1. The van der Waals surface area contributed by atoms with Crippen LogP contribution in [0.25, 0.3) is 0 Å². The zero-order chi connectivity index (χ0) is 13.8. The van der Waals surface area contributed by atoms with Crippen molar-refractivity contribution in [3.8, 4) is 0 Å². The molecule has 2 N–H and O–H groups in total. The van der Waals surface area contributed by atoms with Crippen LogP contribution in [0.3, 0.4) is 0 Å². The Morgan fingerprint density at radius 1 is 0.947 bits per heavy atom. The lowest BCUT2D eigenvalue weighted by atomic mass is 10.1. The second-order valence-electron chi connectivity index (χ2n) is 4.07. The molecule has 0 bridgehead atoms. The van der Waals surface area contributed by atoms with Crippen LogP contribution in [0.2, 0.25) is 15.1 Å². The van der Waals surface area contributed by atoms with Crippen molar-refractivity contribution in [3.63, 3.8) is 0 Å². The molecule has 2 rings (SSSR count). The highest BCUT2D eigenvalue weighted by Crippen LogP contribution is 2.26. The van der Waals surface area contributed by atoms with Crippen LogP contribution in [0.5, 0.6) is 0 Å². The number of rotatable bonds is 4. The molecule has 0 aromatic heterocycles. The van der Waals surface area contributed by atoms with Gasteiger partial charge in [0, 0.05) is 16.6 Å². The summed E-state index contributed by atoms with van der Waals surface area (Å²) in [5.74, 6) is 0. The number of halogens is 3. The molecule has 2 nitrogen and oxygen atoms in total. The van der Waals surface area contributed by atoms with Crippen molar-refractivity contribution in [2.45, 2.75) is 6.10 Å². The van der Waals surface area contributed by atoms with Gasteiger partial charge >= 0.3 is 0 Å². The lowest BCUT2D eigenvalue weighted by molar-refractivity contribution is 0.191. The summed E-state index contributed by atoms with van der Waals surface area (Å²) in [6, 6.07) is 12.2. The van der Waals surface area contributed by atoms with E-state index < -0.39 is 6.10 Å². The molecule has 0 fully saturated rings. The largest absolute Gasteiger partial charge is 0.387 e. The monoisotopic (exact) mass is 315 g/mol. The van der Waals surface area contributed by atoms with Crippen LogP contribution in [0.4, 0.5) is 5.69 Å². The Kier molecular flexibility index (Phi) is 4.94. The molecule has 0 amide bonds. The van der Waals surface area contributed by atoms with Gasteiger partial charge in [0.25, 0.3) is 0 Å². The molecule has 100 valence electrons. The summed E-state index contributed by atoms with van der Waals surface area (Å²) >= 11 is 17.7. The molecule has 0 heterocycles. The van der Waals surface area contributed by atoms with Crippen LogP contribution >= 0.6 is 34.8 Å². The molecule has 0 aliphatic carbocycles. The lowest BCUT2D eigenvalue weighted by Crippen LogP contribution is -2.12. The zero-order valence-electron chi connectivity index (χ0n) is 9.91. The van der Waals surface area contributed by atoms with E-state index in [0.717, 1.165) is 5.56 Å². The van der Waals surface area contributed by atoms with Crippen molar-refractivity contribution < 1.29 is 5.11 Å². The number of aliphatic hydroxyl groups is 1. The van der Waals surface area contributed by atoms with E-state index >= 15 is 0 Å². The van der Waals surface area contributed by atoms with E-state index in [1.165, 1.54) is 0 Å². The van der Waals surface area contributed by atoms with Gasteiger partial charge in [0.2, 0.25) is 0 Å². The Morgan fingerprint density at radius 2 is 1.58 bits per heavy atom. The summed E-state index contributed by atoms with van der Waals surface area (Å²) in [5, 5.41) is 14.9. The van der Waals surface area contributed by atoms with Crippen molar-refractivity contribution in [2.24, 2.45) is 0 Å². The van der Waals surface area contributed by atoms with Crippen LogP contribution in [0.1, 0.15) is 11.7 Å². The van der Waals surface area contributed by atoms with Gasteiger partial charge < -0.3 is 10.4 Å². The first-order valence-electron chi connectivity index (χ1n) is 5.69. The minimum atomic E-state index is -0.646. The molecule has 1 unspecified atom stereocenters. The first-order chi connectivity index (χ1) is 9.06. The molecule has 0 saturated heterocycles. The van der Waals surface area contributed by atoms with Gasteiger partial charge in [0.1, 0.15) is 0 Å². The van der Waals surface area contributed by atoms with Gasteiger partial charge in [-0.1, -0.05) is 46.9 Å². The standard InChI is InChI=1S/C14H12Cl3NO/c15-10-3-1-9(2-4-10)14(19)8-18-13-7-11(16)5-6-12(13)17/h1-7,14,18-19H,8H2. The van der Waals surface area contributed by atoms with Crippen LogP contribution < -0.4 is 5.32 Å². The van der Waals surface area contributed by atoms with Gasteiger partial charge in [-0.05, 0) is 35.9 Å². The Hall–Kier alpha value is -0.930. The second-order valence-corrected chi connectivity index (χ2v) is 5.35. The van der Waals surface area contributed by atoms with Gasteiger partial charge in [0.15, 0.2) is 0 Å². The zero-order valence-corrected chi connectivity index (χ0v) is 12.2. The Labute approximate surface area is 126 Å². The molecule has 2 aromatic rings. The van der Waals surface area contributed by atoms with Gasteiger partial charge in [0.05, 0.1) is 16.8 Å². The number of benzene rings is 2. The van der Waals surface area contributed by atoms with Crippen LogP contribution in [-0.4, -0.2) is 11.7 Å². The SMILES string of the molecule is OC(CNc1cc(Cl)ccc1Cl)c1ccc(Cl)cc1. The summed E-state index contributed by atoms with van der Waals surface area (Å²) in [5.41, 5.74) is 1.48. The topological polar surface area (TPSA) is 32.3 Å². The van der Waals surface area contributed by atoms with E-state index in [-0.39, 0.29) is 0 Å². The number of anilines is 1. The highest BCUT2D eigenvalue weighted by Gasteiger charge is 2.08. The fourth-order valence-corrected chi connectivity index (χ4v) is 2.12. The fourth-order valence-electron chi connectivity index (χ4n) is 1.64. The number of hydrogen-bond donors (Lipinski definition) is 2. The molecule has 0 aliphatic rings. The minimum absolute atomic E-state index is 0.335. The van der Waals surface area contributed by atoms with E-state index in [9.17, 15) is 5.11 Å². The molecule has 2 aromatic carbocycles. The average molecular weight is 317 g/mol. The molecule has 0 spiro atoms. The lowest BCUT2D eigenvalue weighted by Gasteiger charge is -2.14. The predicted molar refractivity (Wildman–Crippen MR) is 81.4 cm³/mol. The van der Waals surface area contributed by atoms with Crippen LogP contribution in [0, 0.1) is 0 Å². The van der Waals surface area contributed by atoms with E-state index in [1.54, 1.807) is 42.5 Å². The quantitative estimate of drug-likeness (QED) is 0.850. The number of hydrogen-bond acceptors (Lipinski definition) is 2. The maximum absolute atomic E-state index is 10.1. The van der Waals surface area contributed by atoms with Crippen molar-refractivity contribution in [2.75, 3.05) is 11.9 Å². The van der Waals surface area contributed by atoms with E-state index in [1.807, 2.05) is 0 Å². The number of nitrogens with one attached hydrogen (secondary N) is 1. The summed E-state index contributed by atoms with van der Waals surface area (Å²) in [7, 11) is 0. The molecule has 5 heteroatoms. The average Bonchev–Trinajstić information content (AvgIpc) is 2.40. The highest BCUT2D eigenvalue weighted by atomic mass is 35.5. The molecule has 19 heavy (non-hydrogen) atoms. The van der Waals surface area contributed by atoms with Gasteiger partial charge in [-0.3, -0.25) is 0 Å². The van der Waals surface area contributed by atoms with Crippen molar-refractivity contribution in [1.82, 2.24) is 0 Å². The highest BCUT2D eigenvalue weighted by molar-refractivity contribution is 6.35. The molecule has 0 radical (unpaired) electrons. The van der Waals surface area contributed by atoms with Gasteiger partial charge in [-0.2, -0.15) is 0 Å². The number of aliphatic hydroxyl groups excluding tert-OH is 1. The van der Waals surface area contributed by atoms with Crippen molar-refractivity contribution in [3.05, 3.63) is 63.1 Å².